The van der Waals surface area contributed by atoms with E-state index in [1.807, 2.05) is 18.4 Å². The Labute approximate surface area is 187 Å². The van der Waals surface area contributed by atoms with Gasteiger partial charge in [-0.05, 0) is 58.0 Å². The summed E-state index contributed by atoms with van der Waals surface area (Å²) in [5.41, 5.74) is 2.08. The molecule has 0 saturated carbocycles. The molecule has 170 valence electrons. The number of carbonyl (C=O) groups is 3. The third-order valence-electron chi connectivity index (χ3n) is 5.38. The molecule has 2 aromatic rings. The Balaban J connectivity index is 2.37. The van der Waals surface area contributed by atoms with E-state index in [-0.39, 0.29) is 18.3 Å². The Bertz CT molecular complexity index is 917. The van der Waals surface area contributed by atoms with Crippen LogP contribution in [-0.4, -0.2) is 59.5 Å². The van der Waals surface area contributed by atoms with Gasteiger partial charge in [0, 0.05) is 38.1 Å². The summed E-state index contributed by atoms with van der Waals surface area (Å²) in [6.07, 6.45) is 0.628. The van der Waals surface area contributed by atoms with Crippen LogP contribution in [0, 0.1) is 13.8 Å². The van der Waals surface area contributed by atoms with Crippen LogP contribution in [0.4, 0.5) is 0 Å². The highest BCUT2D eigenvalue weighted by molar-refractivity contribution is 7.12. The van der Waals surface area contributed by atoms with Crippen LogP contribution < -0.4 is 0 Å². The van der Waals surface area contributed by atoms with Gasteiger partial charge >= 0.3 is 5.97 Å². The molecule has 31 heavy (non-hydrogen) atoms. The van der Waals surface area contributed by atoms with Crippen LogP contribution in [0.25, 0.3) is 0 Å². The minimum atomic E-state index is -0.689. The zero-order chi connectivity index (χ0) is 23.1. The van der Waals surface area contributed by atoms with E-state index in [2.05, 4.69) is 0 Å². The normalized spacial score (nSPS) is 11.9. The van der Waals surface area contributed by atoms with Gasteiger partial charge in [-0.25, -0.2) is 4.79 Å². The number of thiophene rings is 1. The smallest absolute Gasteiger partial charge is 0.355 e. The first-order valence-corrected chi connectivity index (χ1v) is 11.4. The molecule has 1 unspecified atom stereocenters. The van der Waals surface area contributed by atoms with E-state index in [1.54, 1.807) is 50.3 Å². The molecule has 1 atom stereocenters. The van der Waals surface area contributed by atoms with E-state index in [4.69, 9.17) is 9.47 Å². The van der Waals surface area contributed by atoms with Crippen molar-refractivity contribution in [3.05, 3.63) is 44.9 Å². The lowest BCUT2D eigenvalue weighted by atomic mass is 9.99. The molecule has 0 aliphatic carbocycles. The van der Waals surface area contributed by atoms with Gasteiger partial charge in [-0.3, -0.25) is 9.59 Å². The molecule has 0 aromatic carbocycles. The molecule has 0 fully saturated rings. The van der Waals surface area contributed by atoms with Gasteiger partial charge < -0.3 is 18.9 Å². The molecule has 0 radical (unpaired) electrons. The van der Waals surface area contributed by atoms with Crippen molar-refractivity contribution in [1.29, 1.82) is 0 Å². The fourth-order valence-corrected chi connectivity index (χ4v) is 4.35. The van der Waals surface area contributed by atoms with E-state index < -0.39 is 12.0 Å². The third kappa shape index (κ3) is 5.43. The molecule has 0 spiro atoms. The molecule has 0 saturated heterocycles. The maximum absolute atomic E-state index is 13.5. The molecule has 1 amide bonds. The van der Waals surface area contributed by atoms with Gasteiger partial charge in [-0.2, -0.15) is 0 Å². The SMILES string of the molecule is CCOCCCN(C(=O)c1cccs1)C(C)C(=O)c1c(C)c(C(=O)OCC)n(C)c1C. The molecular formula is C23H32N2O5S. The van der Waals surface area contributed by atoms with Crippen molar-refractivity contribution >= 4 is 29.0 Å². The Morgan fingerprint density at radius 1 is 1.19 bits per heavy atom. The Hall–Kier alpha value is -2.45. The summed E-state index contributed by atoms with van der Waals surface area (Å²) >= 11 is 1.35. The van der Waals surface area contributed by atoms with Gasteiger partial charge in [0.15, 0.2) is 5.78 Å². The second kappa shape index (κ2) is 11.2. The van der Waals surface area contributed by atoms with E-state index >= 15 is 0 Å². The lowest BCUT2D eigenvalue weighted by Gasteiger charge is -2.28. The molecule has 2 heterocycles. The summed E-state index contributed by atoms with van der Waals surface area (Å²) in [6, 6.07) is 2.89. The van der Waals surface area contributed by atoms with E-state index in [1.165, 1.54) is 11.3 Å². The second-order valence-corrected chi connectivity index (χ2v) is 8.23. The number of nitrogens with zero attached hydrogens (tertiary/aromatic N) is 2. The second-order valence-electron chi connectivity index (χ2n) is 7.28. The molecule has 0 aliphatic rings. The van der Waals surface area contributed by atoms with Crippen molar-refractivity contribution in [2.45, 2.75) is 47.1 Å². The average Bonchev–Trinajstić information content (AvgIpc) is 3.34. The average molecular weight is 449 g/mol. The van der Waals surface area contributed by atoms with Crippen molar-refractivity contribution in [3.63, 3.8) is 0 Å². The lowest BCUT2D eigenvalue weighted by Crippen LogP contribution is -2.44. The maximum atomic E-state index is 13.5. The molecular weight excluding hydrogens is 416 g/mol. The quantitative estimate of drug-likeness (QED) is 0.295. The van der Waals surface area contributed by atoms with Crippen molar-refractivity contribution in [1.82, 2.24) is 9.47 Å². The summed E-state index contributed by atoms with van der Waals surface area (Å²) < 4.78 is 12.3. The van der Waals surface area contributed by atoms with Crippen LogP contribution >= 0.6 is 11.3 Å². The minimum Gasteiger partial charge on any atom is -0.461 e. The third-order valence-corrected chi connectivity index (χ3v) is 6.24. The topological polar surface area (TPSA) is 77.8 Å². The fraction of sp³-hybridized carbons (Fsp3) is 0.522. The van der Waals surface area contributed by atoms with E-state index in [9.17, 15) is 14.4 Å². The van der Waals surface area contributed by atoms with Gasteiger partial charge in [0.1, 0.15) is 5.69 Å². The van der Waals surface area contributed by atoms with Gasteiger partial charge in [0.25, 0.3) is 5.91 Å². The highest BCUT2D eigenvalue weighted by atomic mass is 32.1. The number of carbonyl (C=O) groups excluding carboxylic acids is 3. The molecule has 8 heteroatoms. The number of Topliss-reactive ketones (excluding diaryl/α,β-unsaturated/α-hetero) is 1. The molecule has 7 nitrogen and oxygen atoms in total. The van der Waals surface area contributed by atoms with Gasteiger partial charge in [0.05, 0.1) is 17.5 Å². The summed E-state index contributed by atoms with van der Waals surface area (Å²) in [7, 11) is 1.74. The number of ketones is 1. The van der Waals surface area contributed by atoms with Crippen LogP contribution in [0.3, 0.4) is 0 Å². The number of hydrogen-bond acceptors (Lipinski definition) is 6. The predicted octanol–water partition coefficient (Wildman–Crippen LogP) is 4.02. The Kier molecular flexibility index (Phi) is 9.00. The standard InChI is InChI=1S/C23H32N2O5S/c1-7-29-13-10-12-25(22(27)18-11-9-14-31-18)17(5)21(26)19-15(3)20(23(28)30-8-2)24(6)16(19)4/h9,11,14,17H,7-8,10,12-13H2,1-6H3. The Morgan fingerprint density at radius 2 is 1.90 bits per heavy atom. The maximum Gasteiger partial charge on any atom is 0.355 e. The molecule has 0 aliphatic heterocycles. The van der Waals surface area contributed by atoms with E-state index in [0.717, 1.165) is 0 Å². The van der Waals surface area contributed by atoms with Crippen LogP contribution in [0.1, 0.15) is 69.0 Å². The van der Waals surface area contributed by atoms with Crippen LogP contribution in [0.2, 0.25) is 0 Å². The number of hydrogen-bond donors (Lipinski definition) is 0. The number of aromatic nitrogens is 1. The first-order chi connectivity index (χ1) is 14.8. The fourth-order valence-electron chi connectivity index (χ4n) is 3.67. The van der Waals surface area contributed by atoms with Crippen LogP contribution in [0.5, 0.6) is 0 Å². The van der Waals surface area contributed by atoms with Crippen LogP contribution in [-0.2, 0) is 16.5 Å². The van der Waals surface area contributed by atoms with Crippen molar-refractivity contribution in [2.24, 2.45) is 7.05 Å². The molecule has 2 aromatic heterocycles. The monoisotopic (exact) mass is 448 g/mol. The van der Waals surface area contributed by atoms with Gasteiger partial charge in [-0.1, -0.05) is 6.07 Å². The largest absolute Gasteiger partial charge is 0.461 e. The summed E-state index contributed by atoms with van der Waals surface area (Å²) in [5.74, 6) is -0.827. The van der Waals surface area contributed by atoms with Crippen LogP contribution in [0.15, 0.2) is 17.5 Å². The molecule has 0 bridgehead atoms. The Morgan fingerprint density at radius 3 is 2.48 bits per heavy atom. The molecule has 0 N–H and O–H groups in total. The first kappa shape index (κ1) is 24.8. The van der Waals surface area contributed by atoms with Gasteiger partial charge in [-0.15, -0.1) is 11.3 Å². The van der Waals surface area contributed by atoms with Crippen molar-refractivity contribution in [2.75, 3.05) is 26.4 Å². The number of ether oxygens (including phenoxy) is 2. The number of esters is 1. The van der Waals surface area contributed by atoms with Crippen molar-refractivity contribution < 1.29 is 23.9 Å². The zero-order valence-electron chi connectivity index (χ0n) is 19.2. The highest BCUT2D eigenvalue weighted by Crippen LogP contribution is 2.25. The first-order valence-electron chi connectivity index (χ1n) is 10.6. The summed E-state index contributed by atoms with van der Waals surface area (Å²) in [6.45, 7) is 10.7. The summed E-state index contributed by atoms with van der Waals surface area (Å²) in [5, 5.41) is 1.84. The number of amides is 1. The van der Waals surface area contributed by atoms with E-state index in [0.29, 0.717) is 53.6 Å². The number of rotatable bonds is 11. The van der Waals surface area contributed by atoms with Gasteiger partial charge in [0.2, 0.25) is 0 Å². The lowest BCUT2D eigenvalue weighted by molar-refractivity contribution is 0.0513. The predicted molar refractivity (Wildman–Crippen MR) is 121 cm³/mol. The summed E-state index contributed by atoms with van der Waals surface area (Å²) in [4.78, 5) is 41.3. The molecule has 2 rings (SSSR count). The zero-order valence-corrected chi connectivity index (χ0v) is 20.0. The van der Waals surface area contributed by atoms with Crippen molar-refractivity contribution in [3.8, 4) is 0 Å². The highest BCUT2D eigenvalue weighted by Gasteiger charge is 2.33. The minimum absolute atomic E-state index is 0.177.